The maximum absolute atomic E-state index is 12.0. The molecule has 0 saturated carbocycles. The van der Waals surface area contributed by atoms with Gasteiger partial charge in [0.2, 0.25) is 0 Å². The maximum Gasteiger partial charge on any atom is 0.311 e. The number of carbonyl (C=O) groups is 2. The van der Waals surface area contributed by atoms with Crippen LogP contribution in [0.5, 0.6) is 11.5 Å². The van der Waals surface area contributed by atoms with E-state index in [0.29, 0.717) is 30.9 Å². The van der Waals surface area contributed by atoms with Gasteiger partial charge in [-0.05, 0) is 61.2 Å². The maximum atomic E-state index is 12.0. The van der Waals surface area contributed by atoms with Gasteiger partial charge in [-0.3, -0.25) is 9.59 Å². The van der Waals surface area contributed by atoms with E-state index in [0.717, 1.165) is 24.2 Å². The number of amides is 1. The van der Waals surface area contributed by atoms with E-state index in [9.17, 15) is 14.9 Å². The van der Waals surface area contributed by atoms with Crippen LogP contribution in [-0.4, -0.2) is 25.0 Å². The fourth-order valence-corrected chi connectivity index (χ4v) is 2.72. The van der Waals surface area contributed by atoms with Crippen molar-refractivity contribution in [1.82, 2.24) is 5.32 Å². The van der Waals surface area contributed by atoms with Crippen molar-refractivity contribution < 1.29 is 19.1 Å². The molecule has 2 aromatic carbocycles. The summed E-state index contributed by atoms with van der Waals surface area (Å²) >= 11 is 0. The summed E-state index contributed by atoms with van der Waals surface area (Å²) in [6, 6.07) is 16.3. The summed E-state index contributed by atoms with van der Waals surface area (Å²) in [5.41, 5.74) is 1.83. The quantitative estimate of drug-likeness (QED) is 0.189. The van der Waals surface area contributed by atoms with Crippen LogP contribution in [0.25, 0.3) is 6.08 Å². The molecule has 6 nitrogen and oxygen atoms in total. The predicted molar refractivity (Wildman–Crippen MR) is 119 cm³/mol. The molecule has 0 spiro atoms. The number of unbranched alkanes of at least 4 members (excludes halogenated alkanes) is 1. The second-order valence-electron chi connectivity index (χ2n) is 7.09. The second kappa shape index (κ2) is 12.9. The molecule has 31 heavy (non-hydrogen) atoms. The molecule has 0 aromatic heterocycles. The van der Waals surface area contributed by atoms with Gasteiger partial charge in [-0.2, -0.15) is 5.26 Å². The molecule has 0 bridgehead atoms. The Morgan fingerprint density at radius 1 is 1.10 bits per heavy atom. The number of hydrogen-bond donors (Lipinski definition) is 1. The van der Waals surface area contributed by atoms with E-state index in [1.807, 2.05) is 44.2 Å². The first kappa shape index (κ1) is 23.7. The molecule has 0 atom stereocenters. The number of benzene rings is 2. The van der Waals surface area contributed by atoms with Crippen LogP contribution in [-0.2, 0) is 9.59 Å². The van der Waals surface area contributed by atoms with Crippen molar-refractivity contribution in [2.24, 2.45) is 0 Å². The van der Waals surface area contributed by atoms with Gasteiger partial charge in [0.25, 0.3) is 5.91 Å². The highest BCUT2D eigenvalue weighted by Gasteiger charge is 2.09. The average molecular weight is 421 g/mol. The van der Waals surface area contributed by atoms with Gasteiger partial charge in [-0.1, -0.05) is 37.6 Å². The Labute approximate surface area is 183 Å². The molecule has 162 valence electrons. The minimum absolute atomic E-state index is 0.0365. The summed E-state index contributed by atoms with van der Waals surface area (Å²) in [5, 5.41) is 11.9. The molecular weight excluding hydrogens is 392 g/mol. The summed E-state index contributed by atoms with van der Waals surface area (Å²) in [5.74, 6) is 0.462. The lowest BCUT2D eigenvalue weighted by molar-refractivity contribution is -0.134. The van der Waals surface area contributed by atoms with Crippen LogP contribution in [0.4, 0.5) is 0 Å². The smallest absolute Gasteiger partial charge is 0.311 e. The van der Waals surface area contributed by atoms with Gasteiger partial charge in [-0.25, -0.2) is 0 Å². The highest BCUT2D eigenvalue weighted by Crippen LogP contribution is 2.16. The van der Waals surface area contributed by atoms with E-state index in [2.05, 4.69) is 5.32 Å². The minimum Gasteiger partial charge on any atom is -0.494 e. The fraction of sp³-hybridized carbons (Fsp3) is 0.320. The second-order valence-corrected chi connectivity index (χ2v) is 7.09. The van der Waals surface area contributed by atoms with Crippen molar-refractivity contribution in [2.45, 2.75) is 39.5 Å². The van der Waals surface area contributed by atoms with Crippen LogP contribution in [0.15, 0.2) is 54.1 Å². The molecule has 0 aliphatic rings. The molecule has 2 rings (SSSR count). The van der Waals surface area contributed by atoms with Gasteiger partial charge in [0.05, 0.1) is 6.61 Å². The first-order valence-corrected chi connectivity index (χ1v) is 10.4. The van der Waals surface area contributed by atoms with E-state index in [1.165, 1.54) is 6.08 Å². The zero-order chi connectivity index (χ0) is 22.5. The van der Waals surface area contributed by atoms with E-state index < -0.39 is 0 Å². The highest BCUT2D eigenvalue weighted by atomic mass is 16.5. The van der Waals surface area contributed by atoms with Crippen LogP contribution in [0.2, 0.25) is 0 Å². The van der Waals surface area contributed by atoms with Crippen molar-refractivity contribution in [3.63, 3.8) is 0 Å². The standard InChI is InChI=1S/C25H28N2O4/c1-3-4-14-27-25(29)21(18-26)17-20-10-12-22(13-11-20)31-24(28)9-6-15-30-23-8-5-7-19(2)16-23/h5,7-8,10-13,16-17H,3-4,6,9,14-15H2,1-2H3,(H,27,29)/b21-17+. The summed E-state index contributed by atoms with van der Waals surface area (Å²) in [6.45, 7) is 4.99. The van der Waals surface area contributed by atoms with Gasteiger partial charge in [-0.15, -0.1) is 0 Å². The number of ether oxygens (including phenoxy) is 2. The molecule has 0 unspecified atom stereocenters. The number of aryl methyl sites for hydroxylation is 1. The zero-order valence-electron chi connectivity index (χ0n) is 18.0. The number of carbonyl (C=O) groups excluding carboxylic acids is 2. The van der Waals surface area contributed by atoms with Gasteiger partial charge in [0.1, 0.15) is 23.1 Å². The van der Waals surface area contributed by atoms with Gasteiger partial charge in [0, 0.05) is 13.0 Å². The van der Waals surface area contributed by atoms with Crippen molar-refractivity contribution in [2.75, 3.05) is 13.2 Å². The van der Waals surface area contributed by atoms with E-state index in [4.69, 9.17) is 9.47 Å². The Kier molecular flexibility index (Phi) is 9.83. The molecule has 1 amide bonds. The summed E-state index contributed by atoms with van der Waals surface area (Å²) in [4.78, 5) is 24.0. The number of nitriles is 1. The number of esters is 1. The van der Waals surface area contributed by atoms with E-state index >= 15 is 0 Å². The molecule has 6 heteroatoms. The SMILES string of the molecule is CCCCNC(=O)/C(C#N)=C/c1ccc(OC(=O)CCCOc2cccc(C)c2)cc1. The van der Waals surface area contributed by atoms with E-state index in [1.54, 1.807) is 24.3 Å². The predicted octanol–water partition coefficient (Wildman–Crippen LogP) is 4.58. The number of hydrogen-bond acceptors (Lipinski definition) is 5. The Balaban J connectivity index is 1.79. The molecule has 0 fully saturated rings. The summed E-state index contributed by atoms with van der Waals surface area (Å²) in [7, 11) is 0. The molecule has 0 heterocycles. The van der Waals surface area contributed by atoms with Crippen molar-refractivity contribution in [3.8, 4) is 17.6 Å². The van der Waals surface area contributed by atoms with Gasteiger partial charge < -0.3 is 14.8 Å². The fourth-order valence-electron chi connectivity index (χ4n) is 2.72. The van der Waals surface area contributed by atoms with E-state index in [-0.39, 0.29) is 23.9 Å². The lowest BCUT2D eigenvalue weighted by Gasteiger charge is -2.07. The van der Waals surface area contributed by atoms with Crippen LogP contribution in [0, 0.1) is 18.3 Å². The molecule has 1 N–H and O–H groups in total. The van der Waals surface area contributed by atoms with Crippen LogP contribution in [0.1, 0.15) is 43.7 Å². The van der Waals surface area contributed by atoms with Crippen LogP contribution >= 0.6 is 0 Å². The Morgan fingerprint density at radius 3 is 2.55 bits per heavy atom. The topological polar surface area (TPSA) is 88.4 Å². The number of nitrogens with zero attached hydrogens (tertiary/aromatic N) is 1. The third kappa shape index (κ3) is 8.75. The lowest BCUT2D eigenvalue weighted by Crippen LogP contribution is -2.25. The Morgan fingerprint density at radius 2 is 1.87 bits per heavy atom. The average Bonchev–Trinajstić information content (AvgIpc) is 2.76. The molecule has 2 aromatic rings. The van der Waals surface area contributed by atoms with Gasteiger partial charge in [0.15, 0.2) is 0 Å². The van der Waals surface area contributed by atoms with Crippen molar-refractivity contribution >= 4 is 18.0 Å². The molecule has 0 aliphatic heterocycles. The minimum atomic E-state index is -0.390. The normalized spacial score (nSPS) is 10.8. The molecular formula is C25H28N2O4. The monoisotopic (exact) mass is 420 g/mol. The highest BCUT2D eigenvalue weighted by molar-refractivity contribution is 6.01. The number of nitrogens with one attached hydrogen (secondary N) is 1. The van der Waals surface area contributed by atoms with Crippen LogP contribution in [0.3, 0.4) is 0 Å². The lowest BCUT2D eigenvalue weighted by atomic mass is 10.1. The molecule has 0 aliphatic carbocycles. The summed E-state index contributed by atoms with van der Waals surface area (Å²) < 4.78 is 11.0. The van der Waals surface area contributed by atoms with Crippen molar-refractivity contribution in [3.05, 3.63) is 65.2 Å². The Bertz CT molecular complexity index is 943. The van der Waals surface area contributed by atoms with Crippen molar-refractivity contribution in [1.29, 1.82) is 5.26 Å². The number of rotatable bonds is 11. The van der Waals surface area contributed by atoms with Gasteiger partial charge >= 0.3 is 5.97 Å². The largest absolute Gasteiger partial charge is 0.494 e. The molecule has 0 radical (unpaired) electrons. The first-order chi connectivity index (χ1) is 15.0. The Hall–Kier alpha value is -3.59. The van der Waals surface area contributed by atoms with Crippen LogP contribution < -0.4 is 14.8 Å². The molecule has 0 saturated heterocycles. The zero-order valence-corrected chi connectivity index (χ0v) is 18.0. The summed E-state index contributed by atoms with van der Waals surface area (Å²) in [6.07, 6.45) is 4.13. The third-order valence-electron chi connectivity index (χ3n) is 4.39. The third-order valence-corrected chi connectivity index (χ3v) is 4.39. The first-order valence-electron chi connectivity index (χ1n) is 10.4.